The van der Waals surface area contributed by atoms with Crippen LogP contribution in [-0.4, -0.2) is 18.9 Å². The number of hydrogen-bond donors (Lipinski definition) is 1. The number of hydrogen-bond acceptors (Lipinski definition) is 3. The molecular formula is C14H20N2O2. The van der Waals surface area contributed by atoms with Gasteiger partial charge in [-0.25, -0.2) is 10.2 Å². The zero-order valence-corrected chi connectivity index (χ0v) is 11.6. The van der Waals surface area contributed by atoms with Gasteiger partial charge in [0, 0.05) is 0 Å². The summed E-state index contributed by atoms with van der Waals surface area (Å²) in [6, 6.07) is 8.15. The Morgan fingerprint density at radius 1 is 1.22 bits per heavy atom. The number of carbonyl (C=O) groups excluding carboxylic acids is 1. The topological polar surface area (TPSA) is 50.7 Å². The lowest BCUT2D eigenvalue weighted by Crippen LogP contribution is -2.18. The first-order valence-corrected chi connectivity index (χ1v) is 5.84. The van der Waals surface area contributed by atoms with Gasteiger partial charge in [0.1, 0.15) is 0 Å². The van der Waals surface area contributed by atoms with Gasteiger partial charge in [-0.1, -0.05) is 45.0 Å². The maximum Gasteiger partial charge on any atom is 0.427 e. The zero-order chi connectivity index (χ0) is 13.8. The van der Waals surface area contributed by atoms with E-state index in [1.165, 1.54) is 12.7 Å². The first kappa shape index (κ1) is 14.2. The van der Waals surface area contributed by atoms with Crippen LogP contribution in [0.4, 0.5) is 4.79 Å². The Kier molecular flexibility index (Phi) is 4.48. The summed E-state index contributed by atoms with van der Waals surface area (Å²) in [6.07, 6.45) is -0.569. The van der Waals surface area contributed by atoms with Crippen molar-refractivity contribution in [3.63, 3.8) is 0 Å². The van der Waals surface area contributed by atoms with E-state index in [0.717, 1.165) is 11.3 Å². The van der Waals surface area contributed by atoms with E-state index in [4.69, 9.17) is 0 Å². The monoisotopic (exact) mass is 248 g/mol. The second-order valence-electron chi connectivity index (χ2n) is 5.13. The van der Waals surface area contributed by atoms with Crippen LogP contribution in [0.1, 0.15) is 38.8 Å². The van der Waals surface area contributed by atoms with Gasteiger partial charge in [-0.05, 0) is 23.5 Å². The lowest BCUT2D eigenvalue weighted by Gasteiger charge is -2.19. The number of rotatable bonds is 2. The van der Waals surface area contributed by atoms with Crippen molar-refractivity contribution in [1.82, 2.24) is 5.43 Å². The zero-order valence-electron chi connectivity index (χ0n) is 11.6. The van der Waals surface area contributed by atoms with Gasteiger partial charge in [0.15, 0.2) is 0 Å². The van der Waals surface area contributed by atoms with Crippen molar-refractivity contribution in [2.24, 2.45) is 5.10 Å². The van der Waals surface area contributed by atoms with Gasteiger partial charge in [-0.3, -0.25) is 0 Å². The van der Waals surface area contributed by atoms with Crippen LogP contribution in [-0.2, 0) is 10.2 Å². The van der Waals surface area contributed by atoms with Crippen molar-refractivity contribution in [3.8, 4) is 0 Å². The summed E-state index contributed by atoms with van der Waals surface area (Å²) in [4.78, 5) is 10.9. The lowest BCUT2D eigenvalue weighted by molar-refractivity contribution is 0.171. The molecule has 1 N–H and O–H groups in total. The normalized spacial score (nSPS) is 12.2. The molecule has 98 valence electrons. The van der Waals surface area contributed by atoms with Crippen LogP contribution in [0.25, 0.3) is 0 Å². The minimum absolute atomic E-state index is 0.133. The van der Waals surface area contributed by atoms with Crippen molar-refractivity contribution < 1.29 is 9.53 Å². The van der Waals surface area contributed by atoms with Gasteiger partial charge in [-0.15, -0.1) is 0 Å². The van der Waals surface area contributed by atoms with E-state index in [0.29, 0.717) is 0 Å². The highest BCUT2D eigenvalue weighted by Crippen LogP contribution is 2.22. The largest absolute Gasteiger partial charge is 0.452 e. The van der Waals surface area contributed by atoms with Crippen LogP contribution in [0.15, 0.2) is 29.4 Å². The second kappa shape index (κ2) is 5.67. The van der Waals surface area contributed by atoms with E-state index >= 15 is 0 Å². The predicted octanol–water partition coefficient (Wildman–Crippen LogP) is 3.06. The van der Waals surface area contributed by atoms with E-state index in [9.17, 15) is 4.79 Å². The van der Waals surface area contributed by atoms with E-state index in [-0.39, 0.29) is 5.41 Å². The number of methoxy groups -OCH3 is 1. The molecule has 0 unspecified atom stereocenters. The fourth-order valence-electron chi connectivity index (χ4n) is 1.45. The number of ether oxygens (including phenoxy) is 1. The van der Waals surface area contributed by atoms with E-state index in [2.05, 4.69) is 48.2 Å². The number of hydrazone groups is 1. The van der Waals surface area contributed by atoms with Crippen molar-refractivity contribution >= 4 is 11.8 Å². The first-order valence-electron chi connectivity index (χ1n) is 5.84. The van der Waals surface area contributed by atoms with Crippen LogP contribution in [0.5, 0.6) is 0 Å². The Balaban J connectivity index is 2.82. The predicted molar refractivity (Wildman–Crippen MR) is 72.9 cm³/mol. The summed E-state index contributed by atoms with van der Waals surface area (Å²) in [6.45, 7) is 8.34. The minimum atomic E-state index is -0.569. The fourth-order valence-corrected chi connectivity index (χ4v) is 1.45. The Hall–Kier alpha value is -1.84. The summed E-state index contributed by atoms with van der Waals surface area (Å²) >= 11 is 0. The molecule has 1 aromatic carbocycles. The number of benzene rings is 1. The standard InChI is InChI=1S/C14H20N2O2/c1-10(15-16-13(17)18-5)11-6-8-12(9-7-11)14(2,3)4/h6-9H,1-5H3,(H,16,17). The molecule has 0 fully saturated rings. The van der Waals surface area contributed by atoms with Gasteiger partial charge in [0.05, 0.1) is 12.8 Å². The SMILES string of the molecule is COC(=O)NN=C(C)c1ccc(C(C)(C)C)cc1. The Bertz CT molecular complexity index is 442. The lowest BCUT2D eigenvalue weighted by atomic mass is 9.86. The molecule has 0 saturated heterocycles. The van der Waals surface area contributed by atoms with Crippen LogP contribution in [0.2, 0.25) is 0 Å². The maximum absolute atomic E-state index is 10.9. The van der Waals surface area contributed by atoms with Crippen molar-refractivity contribution in [2.75, 3.05) is 7.11 Å². The second-order valence-corrected chi connectivity index (χ2v) is 5.13. The molecule has 0 atom stereocenters. The molecule has 0 spiro atoms. The first-order chi connectivity index (χ1) is 8.34. The average molecular weight is 248 g/mol. The highest BCUT2D eigenvalue weighted by atomic mass is 16.5. The molecule has 1 aromatic rings. The van der Waals surface area contributed by atoms with Crippen molar-refractivity contribution in [3.05, 3.63) is 35.4 Å². The van der Waals surface area contributed by atoms with Gasteiger partial charge in [0.25, 0.3) is 0 Å². The van der Waals surface area contributed by atoms with Crippen LogP contribution >= 0.6 is 0 Å². The Labute approximate surface area is 108 Å². The molecule has 0 radical (unpaired) electrons. The third-order valence-electron chi connectivity index (χ3n) is 2.67. The molecule has 0 bridgehead atoms. The summed E-state index contributed by atoms with van der Waals surface area (Å²) in [5.41, 5.74) is 5.41. The summed E-state index contributed by atoms with van der Waals surface area (Å²) in [5, 5.41) is 3.95. The molecule has 0 aromatic heterocycles. The molecule has 4 heteroatoms. The fraction of sp³-hybridized carbons (Fsp3) is 0.429. The molecule has 0 aliphatic heterocycles. The molecule has 0 aliphatic rings. The molecule has 1 rings (SSSR count). The molecule has 4 nitrogen and oxygen atoms in total. The van der Waals surface area contributed by atoms with Crippen LogP contribution in [0, 0.1) is 0 Å². The number of nitrogens with one attached hydrogen (secondary N) is 1. The number of nitrogens with zero attached hydrogens (tertiary/aromatic N) is 1. The van der Waals surface area contributed by atoms with Gasteiger partial charge in [-0.2, -0.15) is 5.10 Å². The minimum Gasteiger partial charge on any atom is -0.452 e. The highest BCUT2D eigenvalue weighted by molar-refractivity contribution is 5.99. The van der Waals surface area contributed by atoms with Crippen molar-refractivity contribution in [2.45, 2.75) is 33.1 Å². The smallest absolute Gasteiger partial charge is 0.427 e. The summed E-state index contributed by atoms with van der Waals surface area (Å²) < 4.78 is 4.44. The number of carbonyl (C=O) groups is 1. The quantitative estimate of drug-likeness (QED) is 0.646. The maximum atomic E-state index is 10.9. The van der Waals surface area contributed by atoms with Gasteiger partial charge >= 0.3 is 6.09 Å². The Morgan fingerprint density at radius 2 is 1.78 bits per heavy atom. The van der Waals surface area contributed by atoms with Crippen molar-refractivity contribution in [1.29, 1.82) is 0 Å². The summed E-state index contributed by atoms with van der Waals surface area (Å²) in [7, 11) is 1.30. The number of amides is 1. The van der Waals surface area contributed by atoms with Gasteiger partial charge < -0.3 is 4.74 Å². The third-order valence-corrected chi connectivity index (χ3v) is 2.67. The molecule has 18 heavy (non-hydrogen) atoms. The Morgan fingerprint density at radius 3 is 2.22 bits per heavy atom. The van der Waals surface area contributed by atoms with Crippen LogP contribution < -0.4 is 5.43 Å². The molecule has 0 aliphatic carbocycles. The molecule has 0 heterocycles. The van der Waals surface area contributed by atoms with Crippen LogP contribution in [0.3, 0.4) is 0 Å². The third kappa shape index (κ3) is 3.87. The highest BCUT2D eigenvalue weighted by Gasteiger charge is 2.13. The summed E-state index contributed by atoms with van der Waals surface area (Å²) in [5.74, 6) is 0. The van der Waals surface area contributed by atoms with Gasteiger partial charge in [0.2, 0.25) is 0 Å². The van der Waals surface area contributed by atoms with E-state index in [1.807, 2.05) is 19.1 Å². The molecule has 1 amide bonds. The van der Waals surface area contributed by atoms with E-state index in [1.54, 1.807) is 0 Å². The molecule has 0 saturated carbocycles. The molecular weight excluding hydrogens is 228 g/mol. The van der Waals surface area contributed by atoms with E-state index < -0.39 is 6.09 Å². The average Bonchev–Trinajstić information content (AvgIpc) is 2.34.